The Labute approximate surface area is 111 Å². The first kappa shape index (κ1) is 13.3. The molecule has 1 aromatic rings. The molecule has 1 aliphatic rings. The van der Waals surface area contributed by atoms with E-state index in [4.69, 9.17) is 0 Å². The summed E-state index contributed by atoms with van der Waals surface area (Å²) in [5.41, 5.74) is 5.28. The van der Waals surface area contributed by atoms with Gasteiger partial charge in [0, 0.05) is 11.6 Å². The van der Waals surface area contributed by atoms with Gasteiger partial charge in [-0.2, -0.15) is 8.42 Å². The predicted octanol–water partition coefficient (Wildman–Crippen LogP) is 0.348. The number of urea groups is 1. The summed E-state index contributed by atoms with van der Waals surface area (Å²) < 4.78 is 27.0. The van der Waals surface area contributed by atoms with Crippen LogP contribution >= 0.6 is 0 Å². The van der Waals surface area contributed by atoms with Crippen molar-refractivity contribution in [3.05, 3.63) is 29.8 Å². The van der Waals surface area contributed by atoms with Crippen LogP contribution in [0.15, 0.2) is 33.6 Å². The molecule has 0 saturated heterocycles. The van der Waals surface area contributed by atoms with Gasteiger partial charge in [-0.3, -0.25) is 10.9 Å². The van der Waals surface area contributed by atoms with Gasteiger partial charge in [0.15, 0.2) is 5.84 Å². The van der Waals surface area contributed by atoms with Gasteiger partial charge in [0.1, 0.15) is 4.90 Å². The minimum Gasteiger partial charge on any atom is -0.335 e. The van der Waals surface area contributed by atoms with E-state index >= 15 is 0 Å². The van der Waals surface area contributed by atoms with E-state index < -0.39 is 16.1 Å². The molecule has 0 aromatic heterocycles. The fourth-order valence-corrected chi connectivity index (χ4v) is 2.79. The van der Waals surface area contributed by atoms with Crippen LogP contribution < -0.4 is 16.2 Å². The Morgan fingerprint density at radius 2 is 1.95 bits per heavy atom. The molecule has 0 radical (unpaired) electrons. The summed E-state index contributed by atoms with van der Waals surface area (Å²) >= 11 is 0. The van der Waals surface area contributed by atoms with Crippen LogP contribution in [0.25, 0.3) is 0 Å². The normalized spacial score (nSPS) is 15.6. The topological polar surface area (TPSA) is 99.7 Å². The molecule has 0 spiro atoms. The van der Waals surface area contributed by atoms with Crippen LogP contribution in [0.3, 0.4) is 0 Å². The fourth-order valence-electron chi connectivity index (χ4n) is 1.61. The van der Waals surface area contributed by atoms with Crippen molar-refractivity contribution in [1.82, 2.24) is 16.2 Å². The van der Waals surface area contributed by atoms with Crippen LogP contribution in [-0.4, -0.2) is 26.3 Å². The number of amides is 2. The van der Waals surface area contributed by atoms with Crippen LogP contribution in [0.2, 0.25) is 0 Å². The van der Waals surface area contributed by atoms with Gasteiger partial charge in [0.25, 0.3) is 10.0 Å². The maximum atomic E-state index is 11.7. The van der Waals surface area contributed by atoms with Crippen LogP contribution in [0.5, 0.6) is 0 Å². The molecule has 0 aliphatic carbocycles. The smallest absolute Gasteiger partial charge is 0.333 e. The van der Waals surface area contributed by atoms with Crippen molar-refractivity contribution >= 4 is 21.9 Å². The molecule has 102 valence electrons. The third-order valence-electron chi connectivity index (χ3n) is 2.35. The molecular weight excluding hydrogens is 268 g/mol. The summed E-state index contributed by atoms with van der Waals surface area (Å²) in [6.45, 7) is 3.62. The number of hydrogen-bond acceptors (Lipinski definition) is 4. The monoisotopic (exact) mass is 282 g/mol. The SMILES string of the molecule is CC(C)NC(=O)NNC1=NS(=O)(=O)c2ccccc21. The first-order valence-electron chi connectivity index (χ1n) is 5.67. The summed E-state index contributed by atoms with van der Waals surface area (Å²) in [6, 6.07) is 5.92. The zero-order valence-corrected chi connectivity index (χ0v) is 11.3. The second-order valence-corrected chi connectivity index (χ2v) is 5.86. The third kappa shape index (κ3) is 2.84. The predicted molar refractivity (Wildman–Crippen MR) is 70.1 cm³/mol. The number of fused-ring (bicyclic) bond motifs is 1. The molecule has 1 aliphatic heterocycles. The first-order valence-corrected chi connectivity index (χ1v) is 7.11. The average molecular weight is 282 g/mol. The summed E-state index contributed by atoms with van der Waals surface area (Å²) in [5.74, 6) is 0.106. The number of amidine groups is 1. The van der Waals surface area contributed by atoms with E-state index in [1.807, 2.05) is 13.8 Å². The van der Waals surface area contributed by atoms with Crippen molar-refractivity contribution in [3.8, 4) is 0 Å². The van der Waals surface area contributed by atoms with Gasteiger partial charge < -0.3 is 5.32 Å². The van der Waals surface area contributed by atoms with Gasteiger partial charge >= 0.3 is 6.03 Å². The molecule has 0 saturated carbocycles. The van der Waals surface area contributed by atoms with Gasteiger partial charge in [-0.25, -0.2) is 4.79 Å². The van der Waals surface area contributed by atoms with Crippen molar-refractivity contribution in [1.29, 1.82) is 0 Å². The van der Waals surface area contributed by atoms with Gasteiger partial charge in [-0.05, 0) is 26.0 Å². The van der Waals surface area contributed by atoms with E-state index in [9.17, 15) is 13.2 Å². The molecule has 0 atom stereocenters. The van der Waals surface area contributed by atoms with Gasteiger partial charge in [0.2, 0.25) is 0 Å². The highest BCUT2D eigenvalue weighted by Gasteiger charge is 2.28. The number of sulfonamides is 1. The van der Waals surface area contributed by atoms with Crippen LogP contribution in [-0.2, 0) is 10.0 Å². The Morgan fingerprint density at radius 3 is 2.63 bits per heavy atom. The van der Waals surface area contributed by atoms with E-state index in [0.29, 0.717) is 5.56 Å². The van der Waals surface area contributed by atoms with Crippen molar-refractivity contribution in [2.24, 2.45) is 4.40 Å². The van der Waals surface area contributed by atoms with E-state index in [1.54, 1.807) is 18.2 Å². The lowest BCUT2D eigenvalue weighted by atomic mass is 10.2. The summed E-state index contributed by atoms with van der Waals surface area (Å²) in [7, 11) is -3.67. The number of carbonyl (C=O) groups is 1. The number of carbonyl (C=O) groups excluding carboxylic acids is 1. The lowest BCUT2D eigenvalue weighted by Gasteiger charge is -2.11. The third-order valence-corrected chi connectivity index (χ3v) is 3.68. The van der Waals surface area contributed by atoms with Crippen molar-refractivity contribution in [2.45, 2.75) is 24.8 Å². The van der Waals surface area contributed by atoms with Gasteiger partial charge in [-0.1, -0.05) is 12.1 Å². The van der Waals surface area contributed by atoms with Crippen LogP contribution in [0, 0.1) is 0 Å². The second kappa shape index (κ2) is 4.88. The molecule has 0 unspecified atom stereocenters. The van der Waals surface area contributed by atoms with Gasteiger partial charge in [-0.15, -0.1) is 4.40 Å². The van der Waals surface area contributed by atoms with Crippen molar-refractivity contribution in [2.75, 3.05) is 0 Å². The number of hydrazine groups is 1. The molecule has 8 heteroatoms. The van der Waals surface area contributed by atoms with E-state index in [2.05, 4.69) is 20.6 Å². The Balaban J connectivity index is 2.13. The standard InChI is InChI=1S/C11H14N4O3S/c1-7(2)12-11(16)14-13-10-8-5-3-4-6-9(8)19(17,18)15-10/h3-7H,1-2H3,(H,13,15)(H2,12,14,16). The second-order valence-electron chi connectivity index (χ2n) is 4.29. The average Bonchev–Trinajstić information content (AvgIpc) is 2.59. The fraction of sp³-hybridized carbons (Fsp3) is 0.273. The zero-order valence-electron chi connectivity index (χ0n) is 10.5. The van der Waals surface area contributed by atoms with Crippen molar-refractivity contribution < 1.29 is 13.2 Å². The highest BCUT2D eigenvalue weighted by molar-refractivity contribution is 7.90. The molecule has 0 bridgehead atoms. The molecule has 2 rings (SSSR count). The molecule has 1 aromatic carbocycles. The Morgan fingerprint density at radius 1 is 1.26 bits per heavy atom. The largest absolute Gasteiger partial charge is 0.335 e. The molecule has 7 nitrogen and oxygen atoms in total. The lowest BCUT2D eigenvalue weighted by molar-refractivity contribution is 0.237. The van der Waals surface area contributed by atoms with Gasteiger partial charge in [0.05, 0.1) is 0 Å². The quantitative estimate of drug-likeness (QED) is 0.647. The summed E-state index contributed by atoms with van der Waals surface area (Å²) in [4.78, 5) is 11.5. The number of hydrogen-bond donors (Lipinski definition) is 3. The number of nitrogens with zero attached hydrogens (tertiary/aromatic N) is 1. The molecule has 0 fully saturated rings. The maximum absolute atomic E-state index is 11.7. The zero-order chi connectivity index (χ0) is 14.0. The molecular formula is C11H14N4O3S. The van der Waals surface area contributed by atoms with E-state index in [0.717, 1.165) is 0 Å². The van der Waals surface area contributed by atoms with Crippen LogP contribution in [0.1, 0.15) is 19.4 Å². The first-order chi connectivity index (χ1) is 8.90. The summed E-state index contributed by atoms with van der Waals surface area (Å²) in [6.07, 6.45) is 0. The molecule has 3 N–H and O–H groups in total. The van der Waals surface area contributed by atoms with E-state index in [1.165, 1.54) is 6.07 Å². The van der Waals surface area contributed by atoms with Crippen LogP contribution in [0.4, 0.5) is 4.79 Å². The molecule has 2 amide bonds. The number of benzene rings is 1. The lowest BCUT2D eigenvalue weighted by Crippen LogP contribution is -2.48. The Bertz CT molecular complexity index is 637. The Kier molecular flexibility index (Phi) is 3.43. The highest BCUT2D eigenvalue weighted by atomic mass is 32.2. The minimum absolute atomic E-state index is 0.0247. The van der Waals surface area contributed by atoms with E-state index in [-0.39, 0.29) is 16.8 Å². The highest BCUT2D eigenvalue weighted by Crippen LogP contribution is 2.24. The summed E-state index contributed by atoms with van der Waals surface area (Å²) in [5, 5.41) is 2.59. The molecule has 1 heterocycles. The number of rotatable bonds is 1. The molecule has 19 heavy (non-hydrogen) atoms. The Hall–Kier alpha value is -2.09. The number of nitrogens with one attached hydrogen (secondary N) is 3. The van der Waals surface area contributed by atoms with Crippen molar-refractivity contribution in [3.63, 3.8) is 0 Å². The minimum atomic E-state index is -3.67. The maximum Gasteiger partial charge on any atom is 0.333 e.